The molecular weight excluding hydrogens is 390 g/mol. The Morgan fingerprint density at radius 3 is 2.52 bits per heavy atom. The molecule has 4 N–H and O–H groups in total. The number of aryl methyl sites for hydroxylation is 1. The van der Waals surface area contributed by atoms with Crippen molar-refractivity contribution in [3.8, 4) is 29.0 Å². The highest BCUT2D eigenvalue weighted by Crippen LogP contribution is 2.26. The number of hydrogen-bond acceptors (Lipinski definition) is 5. The molecule has 0 saturated carbocycles. The van der Waals surface area contributed by atoms with Gasteiger partial charge in [-0.3, -0.25) is 9.48 Å². The molecule has 4 aromatic rings. The van der Waals surface area contributed by atoms with E-state index in [1.807, 2.05) is 19.3 Å². The molecular formula is C23H17N7O. The van der Waals surface area contributed by atoms with Crippen LogP contribution in [0.25, 0.3) is 22.2 Å². The highest BCUT2D eigenvalue weighted by molar-refractivity contribution is 6.17. The third-order valence-corrected chi connectivity index (χ3v) is 4.78. The molecule has 4 rings (SSSR count). The molecule has 0 aliphatic heterocycles. The number of pyridine rings is 1. The van der Waals surface area contributed by atoms with Gasteiger partial charge in [-0.1, -0.05) is 30.6 Å². The predicted molar refractivity (Wildman–Crippen MR) is 117 cm³/mol. The van der Waals surface area contributed by atoms with Crippen LogP contribution in [0.5, 0.6) is 0 Å². The van der Waals surface area contributed by atoms with Gasteiger partial charge in [0.15, 0.2) is 5.82 Å². The monoisotopic (exact) mass is 407 g/mol. The lowest BCUT2D eigenvalue weighted by atomic mass is 10.0. The number of nitriles is 1. The zero-order valence-corrected chi connectivity index (χ0v) is 16.6. The number of anilines is 1. The third kappa shape index (κ3) is 3.61. The van der Waals surface area contributed by atoms with Gasteiger partial charge in [0, 0.05) is 41.7 Å². The Morgan fingerprint density at radius 2 is 1.90 bits per heavy atom. The smallest absolute Gasteiger partial charge is 0.248 e. The van der Waals surface area contributed by atoms with Crippen LogP contribution >= 0.6 is 0 Å². The number of primary amides is 1. The molecule has 1 aromatic carbocycles. The minimum absolute atomic E-state index is 0.142. The molecule has 0 bridgehead atoms. The van der Waals surface area contributed by atoms with Crippen LogP contribution < -0.4 is 11.5 Å². The molecule has 3 aromatic heterocycles. The molecule has 8 heteroatoms. The summed E-state index contributed by atoms with van der Waals surface area (Å²) in [6, 6.07) is 11.0. The van der Waals surface area contributed by atoms with Crippen LogP contribution in [-0.4, -0.2) is 25.3 Å². The third-order valence-electron chi connectivity index (χ3n) is 4.78. The van der Waals surface area contributed by atoms with Gasteiger partial charge < -0.3 is 11.5 Å². The number of nitrogen functional groups attached to an aromatic ring is 1. The van der Waals surface area contributed by atoms with Crippen LogP contribution in [0.15, 0.2) is 55.5 Å². The SMILES string of the molecule is C=C(C(N)=O)c1ccc(C#Cc2cc(-c3cnn(C)c3)cn3nc(N)c(C#N)c23)cc1. The molecule has 0 fully saturated rings. The van der Waals surface area contributed by atoms with E-state index in [1.165, 1.54) is 0 Å². The first-order valence-electron chi connectivity index (χ1n) is 9.19. The summed E-state index contributed by atoms with van der Waals surface area (Å²) < 4.78 is 3.27. The topological polar surface area (TPSA) is 128 Å². The molecule has 8 nitrogen and oxygen atoms in total. The van der Waals surface area contributed by atoms with Crippen LogP contribution in [0.1, 0.15) is 22.3 Å². The number of carbonyl (C=O) groups is 1. The van der Waals surface area contributed by atoms with Crippen molar-refractivity contribution in [3.63, 3.8) is 0 Å². The standard InChI is InChI=1S/C23H17N7O/c1-14(23(26)31)16-6-3-15(4-7-16)5-8-17-9-18(19-11-27-29(2)12-19)13-30-21(17)20(10-24)22(25)28-30/h3-4,6-7,9,11-13H,1H2,2H3,(H2,25,28)(H2,26,31). The Bertz CT molecular complexity index is 1450. The average molecular weight is 407 g/mol. The number of hydrogen-bond donors (Lipinski definition) is 2. The summed E-state index contributed by atoms with van der Waals surface area (Å²) in [5, 5.41) is 18.0. The molecule has 0 radical (unpaired) electrons. The van der Waals surface area contributed by atoms with Gasteiger partial charge in [-0.15, -0.1) is 5.10 Å². The van der Waals surface area contributed by atoms with Gasteiger partial charge in [0.2, 0.25) is 5.91 Å². The summed E-state index contributed by atoms with van der Waals surface area (Å²) in [7, 11) is 1.83. The maximum atomic E-state index is 11.3. The van der Waals surface area contributed by atoms with E-state index in [0.717, 1.165) is 16.7 Å². The maximum absolute atomic E-state index is 11.3. The highest BCUT2D eigenvalue weighted by Gasteiger charge is 2.15. The number of fused-ring (bicyclic) bond motifs is 1. The normalized spacial score (nSPS) is 10.3. The van der Waals surface area contributed by atoms with Gasteiger partial charge in [0.05, 0.1) is 11.8 Å². The van der Waals surface area contributed by atoms with Crippen LogP contribution in [0.4, 0.5) is 5.82 Å². The minimum Gasteiger partial charge on any atom is -0.381 e. The van der Waals surface area contributed by atoms with E-state index in [-0.39, 0.29) is 17.0 Å². The zero-order chi connectivity index (χ0) is 22.1. The number of nitrogens with two attached hydrogens (primary N) is 2. The summed E-state index contributed by atoms with van der Waals surface area (Å²) in [4.78, 5) is 11.3. The molecule has 31 heavy (non-hydrogen) atoms. The van der Waals surface area contributed by atoms with E-state index in [1.54, 1.807) is 45.9 Å². The van der Waals surface area contributed by atoms with Crippen LogP contribution in [0, 0.1) is 23.2 Å². The molecule has 0 atom stereocenters. The van der Waals surface area contributed by atoms with E-state index in [2.05, 4.69) is 34.7 Å². The second-order valence-electron chi connectivity index (χ2n) is 6.88. The molecule has 150 valence electrons. The average Bonchev–Trinajstić information content (AvgIpc) is 3.33. The van der Waals surface area contributed by atoms with Crippen LogP contribution in [0.3, 0.4) is 0 Å². The second kappa shape index (κ2) is 7.54. The van der Waals surface area contributed by atoms with E-state index >= 15 is 0 Å². The van der Waals surface area contributed by atoms with Crippen molar-refractivity contribution in [1.29, 1.82) is 5.26 Å². The van der Waals surface area contributed by atoms with Crippen molar-refractivity contribution in [2.24, 2.45) is 12.8 Å². The Morgan fingerprint density at radius 1 is 1.16 bits per heavy atom. The lowest BCUT2D eigenvalue weighted by Gasteiger charge is -2.03. The van der Waals surface area contributed by atoms with Crippen LogP contribution in [-0.2, 0) is 11.8 Å². The molecule has 0 saturated heterocycles. The first-order valence-corrected chi connectivity index (χ1v) is 9.19. The number of rotatable bonds is 3. The van der Waals surface area contributed by atoms with Crippen molar-refractivity contribution >= 4 is 22.8 Å². The Labute approximate surface area is 178 Å². The molecule has 3 heterocycles. The molecule has 0 aliphatic rings. The summed E-state index contributed by atoms with van der Waals surface area (Å²) in [5.74, 6) is 5.78. The fraction of sp³-hybridized carbons (Fsp3) is 0.0435. The fourth-order valence-corrected chi connectivity index (χ4v) is 3.17. The van der Waals surface area contributed by atoms with Gasteiger partial charge in [-0.2, -0.15) is 10.4 Å². The lowest BCUT2D eigenvalue weighted by Crippen LogP contribution is -2.11. The number of aromatic nitrogens is 4. The zero-order valence-electron chi connectivity index (χ0n) is 16.6. The van der Waals surface area contributed by atoms with Gasteiger partial charge in [-0.25, -0.2) is 4.52 Å². The van der Waals surface area contributed by atoms with Gasteiger partial charge in [0.25, 0.3) is 0 Å². The summed E-state index contributed by atoms with van der Waals surface area (Å²) in [6.45, 7) is 3.67. The summed E-state index contributed by atoms with van der Waals surface area (Å²) in [5.41, 5.74) is 15.9. The Kier molecular flexibility index (Phi) is 4.74. The predicted octanol–water partition coefficient (Wildman–Crippen LogP) is 2.09. The Balaban J connectivity index is 1.82. The lowest BCUT2D eigenvalue weighted by molar-refractivity contribution is -0.112. The molecule has 1 amide bonds. The van der Waals surface area contributed by atoms with Gasteiger partial charge in [0.1, 0.15) is 17.1 Å². The van der Waals surface area contributed by atoms with E-state index in [0.29, 0.717) is 16.6 Å². The maximum Gasteiger partial charge on any atom is 0.248 e. The number of amides is 1. The van der Waals surface area contributed by atoms with Crippen LogP contribution in [0.2, 0.25) is 0 Å². The van der Waals surface area contributed by atoms with Crippen molar-refractivity contribution in [2.45, 2.75) is 0 Å². The first kappa shape index (κ1) is 19.5. The van der Waals surface area contributed by atoms with Crippen molar-refractivity contribution in [1.82, 2.24) is 19.4 Å². The highest BCUT2D eigenvalue weighted by atomic mass is 16.1. The number of carbonyl (C=O) groups excluding carboxylic acids is 1. The van der Waals surface area contributed by atoms with Gasteiger partial charge in [-0.05, 0) is 23.8 Å². The summed E-state index contributed by atoms with van der Waals surface area (Å²) >= 11 is 0. The molecule has 0 spiro atoms. The Hall–Kier alpha value is -4.82. The molecule has 0 aliphatic carbocycles. The van der Waals surface area contributed by atoms with Crippen molar-refractivity contribution < 1.29 is 4.79 Å². The summed E-state index contributed by atoms with van der Waals surface area (Å²) in [6.07, 6.45) is 5.40. The van der Waals surface area contributed by atoms with Crippen molar-refractivity contribution in [2.75, 3.05) is 5.73 Å². The number of benzene rings is 1. The van der Waals surface area contributed by atoms with E-state index in [9.17, 15) is 10.1 Å². The largest absolute Gasteiger partial charge is 0.381 e. The minimum atomic E-state index is -0.573. The number of nitrogens with zero attached hydrogens (tertiary/aromatic N) is 5. The second-order valence-corrected chi connectivity index (χ2v) is 6.88. The van der Waals surface area contributed by atoms with Crippen molar-refractivity contribution in [3.05, 3.63) is 77.8 Å². The van der Waals surface area contributed by atoms with Gasteiger partial charge >= 0.3 is 0 Å². The molecule has 0 unspecified atom stereocenters. The van der Waals surface area contributed by atoms with E-state index in [4.69, 9.17) is 11.5 Å². The quantitative estimate of drug-likeness (QED) is 0.397. The fourth-order valence-electron chi connectivity index (χ4n) is 3.17. The first-order chi connectivity index (χ1) is 14.9. The van der Waals surface area contributed by atoms with E-state index < -0.39 is 5.91 Å².